The van der Waals surface area contributed by atoms with E-state index in [0.717, 1.165) is 0 Å². The topological polar surface area (TPSA) is 119 Å². The predicted octanol–water partition coefficient (Wildman–Crippen LogP) is 0.625. The third kappa shape index (κ3) is 6.45. The number of rotatable bonds is 9. The molecule has 0 spiro atoms. The van der Waals surface area contributed by atoms with Gasteiger partial charge in [-0.25, -0.2) is 9.59 Å². The van der Waals surface area contributed by atoms with E-state index >= 15 is 0 Å². The second-order valence-electron chi connectivity index (χ2n) is 3.73. The van der Waals surface area contributed by atoms with Gasteiger partial charge in [-0.1, -0.05) is 0 Å². The highest BCUT2D eigenvalue weighted by Crippen LogP contribution is 2.12. The molecule has 0 aliphatic rings. The molecule has 0 heterocycles. The first-order chi connectivity index (χ1) is 9.60. The molecule has 8 nitrogen and oxygen atoms in total. The lowest BCUT2D eigenvalue weighted by atomic mass is 10.1. The Balaban J connectivity index is 4.14. The van der Waals surface area contributed by atoms with E-state index in [1.165, 1.54) is 26.7 Å². The van der Waals surface area contributed by atoms with Crippen LogP contribution in [0.5, 0.6) is 0 Å². The van der Waals surface area contributed by atoms with Gasteiger partial charge in [-0.15, -0.1) is 0 Å². The molecule has 0 fully saturated rings. The summed E-state index contributed by atoms with van der Waals surface area (Å²) in [5, 5.41) is 16.8. The molecule has 0 bridgehead atoms. The van der Waals surface area contributed by atoms with Crippen LogP contribution in [0.25, 0.3) is 0 Å². The van der Waals surface area contributed by atoms with Gasteiger partial charge in [0.15, 0.2) is 0 Å². The largest absolute Gasteiger partial charge is 0.466 e. The zero-order valence-electron chi connectivity index (χ0n) is 11.3. The van der Waals surface area contributed by atoms with Gasteiger partial charge in [0, 0.05) is 0 Å². The summed E-state index contributed by atoms with van der Waals surface area (Å²) in [7, 11) is 2.40. The Morgan fingerprint density at radius 2 is 1.25 bits per heavy atom. The normalized spacial score (nSPS) is 12.2. The van der Waals surface area contributed by atoms with E-state index in [9.17, 15) is 9.59 Å². The number of unbranched alkanes of at least 4 members (excludes halogenated alkanes) is 1. The molecular formula is C12H16N2O6. The number of nitrogens with zero attached hydrogens (tertiary/aromatic N) is 2. The molecule has 0 aliphatic carbocycles. The van der Waals surface area contributed by atoms with Gasteiger partial charge in [0.1, 0.15) is 0 Å². The SMILES string of the molecule is COC(=O)C(CCCCC(OC#N)C(=O)OC)OC#N. The van der Waals surface area contributed by atoms with E-state index in [1.54, 1.807) is 0 Å². The minimum absolute atomic E-state index is 0.265. The van der Waals surface area contributed by atoms with Crippen LogP contribution >= 0.6 is 0 Å². The number of hydrogen-bond donors (Lipinski definition) is 0. The highest BCUT2D eigenvalue weighted by molar-refractivity contribution is 5.75. The summed E-state index contributed by atoms with van der Waals surface area (Å²) in [5.41, 5.74) is 0. The Morgan fingerprint density at radius 1 is 0.900 bits per heavy atom. The molecule has 0 radical (unpaired) electrons. The first kappa shape index (κ1) is 17.5. The Hall–Kier alpha value is -2.48. The van der Waals surface area contributed by atoms with Crippen molar-refractivity contribution in [2.45, 2.75) is 37.9 Å². The number of methoxy groups -OCH3 is 2. The first-order valence-electron chi connectivity index (χ1n) is 5.85. The predicted molar refractivity (Wildman–Crippen MR) is 63.5 cm³/mol. The van der Waals surface area contributed by atoms with Crippen LogP contribution in [0.2, 0.25) is 0 Å². The van der Waals surface area contributed by atoms with Crippen molar-refractivity contribution in [1.29, 1.82) is 10.5 Å². The lowest BCUT2D eigenvalue weighted by Gasteiger charge is -2.13. The van der Waals surface area contributed by atoms with Crippen molar-refractivity contribution in [3.63, 3.8) is 0 Å². The summed E-state index contributed by atoms with van der Waals surface area (Å²) in [6, 6.07) is 0. The molecule has 0 aromatic heterocycles. The fourth-order valence-electron chi connectivity index (χ4n) is 1.50. The molecule has 0 aliphatic heterocycles. The number of carbonyl (C=O) groups is 2. The molecule has 110 valence electrons. The van der Waals surface area contributed by atoms with Gasteiger partial charge in [-0.05, 0) is 25.7 Å². The van der Waals surface area contributed by atoms with Crippen molar-refractivity contribution in [1.82, 2.24) is 0 Å². The monoisotopic (exact) mass is 284 g/mol. The molecule has 0 amide bonds. The van der Waals surface area contributed by atoms with Gasteiger partial charge < -0.3 is 18.9 Å². The third-order valence-electron chi connectivity index (χ3n) is 2.50. The van der Waals surface area contributed by atoms with Gasteiger partial charge in [-0.3, -0.25) is 0 Å². The summed E-state index contributed by atoms with van der Waals surface area (Å²) in [5.74, 6) is -1.27. The van der Waals surface area contributed by atoms with Crippen LogP contribution < -0.4 is 0 Å². The third-order valence-corrected chi connectivity index (χ3v) is 2.50. The Kier molecular flexibility index (Phi) is 9.15. The van der Waals surface area contributed by atoms with E-state index in [4.69, 9.17) is 10.5 Å². The molecule has 0 rings (SSSR count). The fourth-order valence-corrected chi connectivity index (χ4v) is 1.50. The molecule has 0 N–H and O–H groups in total. The standard InChI is InChI=1S/C12H16N2O6/c1-17-11(15)9(19-7-13)5-3-4-6-10(20-8-14)12(16)18-2/h9-10H,3-6H2,1-2H3. The highest BCUT2D eigenvalue weighted by Gasteiger charge is 2.23. The molecule has 2 atom stereocenters. The van der Waals surface area contributed by atoms with Crippen LogP contribution in [0.15, 0.2) is 0 Å². The molecule has 0 saturated carbocycles. The van der Waals surface area contributed by atoms with Crippen LogP contribution in [-0.4, -0.2) is 38.4 Å². The van der Waals surface area contributed by atoms with E-state index in [1.807, 2.05) is 0 Å². The molecule has 8 heteroatoms. The zero-order valence-corrected chi connectivity index (χ0v) is 11.3. The van der Waals surface area contributed by atoms with Crippen molar-refractivity contribution in [2.75, 3.05) is 14.2 Å². The van der Waals surface area contributed by atoms with Crippen molar-refractivity contribution >= 4 is 11.9 Å². The smallest absolute Gasteiger partial charge is 0.348 e. The van der Waals surface area contributed by atoms with Gasteiger partial charge in [0.25, 0.3) is 12.5 Å². The molecule has 2 unspecified atom stereocenters. The van der Waals surface area contributed by atoms with Crippen molar-refractivity contribution < 1.29 is 28.5 Å². The summed E-state index contributed by atoms with van der Waals surface area (Å²) >= 11 is 0. The van der Waals surface area contributed by atoms with Gasteiger partial charge in [-0.2, -0.15) is 10.5 Å². The quantitative estimate of drug-likeness (QED) is 0.343. The van der Waals surface area contributed by atoms with Crippen molar-refractivity contribution in [2.24, 2.45) is 0 Å². The second-order valence-corrected chi connectivity index (χ2v) is 3.73. The Morgan fingerprint density at radius 3 is 1.50 bits per heavy atom. The van der Waals surface area contributed by atoms with Crippen LogP contribution in [0.1, 0.15) is 25.7 Å². The van der Waals surface area contributed by atoms with E-state index < -0.39 is 24.1 Å². The summed E-state index contributed by atoms with van der Waals surface area (Å²) in [6.07, 6.45) is 2.46. The molecule has 0 aromatic rings. The van der Waals surface area contributed by atoms with Gasteiger partial charge in [0.05, 0.1) is 14.2 Å². The van der Waals surface area contributed by atoms with E-state index in [2.05, 4.69) is 18.9 Å². The maximum Gasteiger partial charge on any atom is 0.348 e. The average molecular weight is 284 g/mol. The Bertz CT molecular complexity index is 360. The lowest BCUT2D eigenvalue weighted by Crippen LogP contribution is -2.25. The molecular weight excluding hydrogens is 268 g/mol. The maximum absolute atomic E-state index is 11.2. The van der Waals surface area contributed by atoms with E-state index in [-0.39, 0.29) is 12.8 Å². The summed E-state index contributed by atoms with van der Waals surface area (Å²) < 4.78 is 18.1. The lowest BCUT2D eigenvalue weighted by molar-refractivity contribution is -0.152. The Labute approximate surface area is 116 Å². The minimum Gasteiger partial charge on any atom is -0.466 e. The summed E-state index contributed by atoms with van der Waals surface area (Å²) in [4.78, 5) is 22.5. The first-order valence-corrected chi connectivity index (χ1v) is 5.85. The van der Waals surface area contributed by atoms with Crippen LogP contribution in [0, 0.1) is 23.0 Å². The van der Waals surface area contributed by atoms with Crippen molar-refractivity contribution in [3.05, 3.63) is 0 Å². The van der Waals surface area contributed by atoms with Crippen molar-refractivity contribution in [3.8, 4) is 12.5 Å². The van der Waals surface area contributed by atoms with Gasteiger partial charge in [0.2, 0.25) is 12.2 Å². The number of esters is 2. The number of ether oxygens (including phenoxy) is 4. The van der Waals surface area contributed by atoms with Crippen LogP contribution in [0.3, 0.4) is 0 Å². The van der Waals surface area contributed by atoms with E-state index in [0.29, 0.717) is 12.8 Å². The molecule has 0 saturated heterocycles. The highest BCUT2D eigenvalue weighted by atomic mass is 16.6. The average Bonchev–Trinajstić information content (AvgIpc) is 2.47. The minimum atomic E-state index is -0.960. The van der Waals surface area contributed by atoms with Crippen LogP contribution in [-0.2, 0) is 28.5 Å². The number of nitriles is 2. The van der Waals surface area contributed by atoms with Crippen LogP contribution in [0.4, 0.5) is 0 Å². The van der Waals surface area contributed by atoms with Gasteiger partial charge >= 0.3 is 11.9 Å². The molecule has 20 heavy (non-hydrogen) atoms. The second kappa shape index (κ2) is 10.4. The zero-order chi connectivity index (χ0) is 15.4. The number of hydrogen-bond acceptors (Lipinski definition) is 8. The number of carbonyl (C=O) groups excluding carboxylic acids is 2. The molecule has 0 aromatic carbocycles. The fraction of sp³-hybridized carbons (Fsp3) is 0.667. The maximum atomic E-state index is 11.2. The summed E-state index contributed by atoms with van der Waals surface area (Å²) in [6.45, 7) is 0.